The first-order chi connectivity index (χ1) is 15.1. The fourth-order valence-corrected chi connectivity index (χ4v) is 4.19. The Kier molecular flexibility index (Phi) is 6.57. The zero-order chi connectivity index (χ0) is 21.6. The Bertz CT molecular complexity index is 1050. The Morgan fingerprint density at radius 3 is 2.55 bits per heavy atom. The number of carbonyl (C=O) groups is 1. The fraction of sp³-hybridized carbons (Fsp3) is 0.391. The number of aliphatic carboxylic acids is 1. The quantitative estimate of drug-likeness (QED) is 0.577. The number of nitrogens with one attached hydrogen (secondary N) is 1. The normalized spacial score (nSPS) is 18.7. The van der Waals surface area contributed by atoms with Crippen LogP contribution in [0.25, 0.3) is 22.4 Å². The molecule has 2 heterocycles. The van der Waals surface area contributed by atoms with Crippen LogP contribution in [0.3, 0.4) is 0 Å². The summed E-state index contributed by atoms with van der Waals surface area (Å²) in [5, 5.41) is 20.3. The minimum Gasteiger partial charge on any atom is -0.480 e. The van der Waals surface area contributed by atoms with Gasteiger partial charge in [0.05, 0.1) is 18.5 Å². The molecule has 2 N–H and O–H groups in total. The minimum atomic E-state index is -0.938. The molecule has 0 atom stereocenters. The van der Waals surface area contributed by atoms with E-state index in [1.54, 1.807) is 23.1 Å². The number of aromatic amines is 1. The lowest BCUT2D eigenvalue weighted by molar-refractivity contribution is -0.142. The van der Waals surface area contributed by atoms with Gasteiger partial charge in [-0.1, -0.05) is 30.3 Å². The van der Waals surface area contributed by atoms with Gasteiger partial charge in [-0.15, -0.1) is 0 Å². The van der Waals surface area contributed by atoms with E-state index in [0.29, 0.717) is 25.0 Å². The molecular weight excluding hydrogens is 396 g/mol. The first-order valence-corrected chi connectivity index (χ1v) is 10.6. The number of ether oxygens (including phenoxy) is 1. The lowest BCUT2D eigenvalue weighted by Crippen LogP contribution is -2.29. The molecule has 31 heavy (non-hydrogen) atoms. The Morgan fingerprint density at radius 1 is 1.13 bits per heavy atom. The smallest absolute Gasteiger partial charge is 0.329 e. The molecule has 0 saturated heterocycles. The molecule has 0 radical (unpaired) electrons. The summed E-state index contributed by atoms with van der Waals surface area (Å²) in [6.45, 7) is 0.812. The van der Waals surface area contributed by atoms with E-state index in [1.165, 1.54) is 0 Å². The molecule has 4 rings (SSSR count). The summed E-state index contributed by atoms with van der Waals surface area (Å²) in [4.78, 5) is 23.4. The molecule has 0 bridgehead atoms. The summed E-state index contributed by atoms with van der Waals surface area (Å²) in [7, 11) is 0. The van der Waals surface area contributed by atoms with Crippen molar-refractivity contribution in [1.82, 2.24) is 20.0 Å². The predicted octanol–water partition coefficient (Wildman–Crippen LogP) is 3.21. The van der Waals surface area contributed by atoms with E-state index >= 15 is 0 Å². The summed E-state index contributed by atoms with van der Waals surface area (Å²) in [5.74, 6) is -0.194. The molecule has 0 aliphatic heterocycles. The number of carboxylic acid groups (broad SMARTS) is 1. The summed E-state index contributed by atoms with van der Waals surface area (Å²) < 4.78 is 6.83. The van der Waals surface area contributed by atoms with Gasteiger partial charge in [0.25, 0.3) is 5.56 Å². The molecule has 1 aromatic carbocycles. The molecule has 0 spiro atoms. The second-order valence-electron chi connectivity index (χ2n) is 8.08. The Balaban J connectivity index is 1.50. The van der Waals surface area contributed by atoms with Gasteiger partial charge in [0.1, 0.15) is 6.61 Å². The van der Waals surface area contributed by atoms with Gasteiger partial charge in [0, 0.05) is 35.5 Å². The molecule has 1 fully saturated rings. The lowest BCUT2D eigenvalue weighted by atomic mass is 9.82. The van der Waals surface area contributed by atoms with Crippen molar-refractivity contribution in [3.05, 3.63) is 59.1 Å². The largest absolute Gasteiger partial charge is 0.480 e. The standard InChI is InChI=1S/C23H26N4O4/c28-21-10-20(19-11-24-25-12-19)23(18-4-2-1-3-5-18)26-27(21)13-16-6-8-17(9-7-16)14-31-15-22(29)30/h1-5,10-12,16-17H,6-9,13-15H2,(H,24,25)(H,29,30)/t16-,17+. The molecular formula is C23H26N4O4. The van der Waals surface area contributed by atoms with Crippen molar-refractivity contribution < 1.29 is 14.6 Å². The van der Waals surface area contributed by atoms with E-state index in [4.69, 9.17) is 14.9 Å². The van der Waals surface area contributed by atoms with Crippen LogP contribution in [0.5, 0.6) is 0 Å². The number of benzene rings is 1. The topological polar surface area (TPSA) is 110 Å². The van der Waals surface area contributed by atoms with Crippen molar-refractivity contribution >= 4 is 5.97 Å². The second-order valence-corrected chi connectivity index (χ2v) is 8.08. The first-order valence-electron chi connectivity index (χ1n) is 10.6. The molecule has 1 aliphatic carbocycles. The van der Waals surface area contributed by atoms with Crippen LogP contribution in [0.4, 0.5) is 0 Å². The fourth-order valence-electron chi connectivity index (χ4n) is 4.19. The lowest BCUT2D eigenvalue weighted by Gasteiger charge is -2.28. The van der Waals surface area contributed by atoms with Crippen LogP contribution >= 0.6 is 0 Å². The van der Waals surface area contributed by atoms with Crippen LogP contribution in [-0.2, 0) is 16.1 Å². The average Bonchev–Trinajstić information content (AvgIpc) is 3.31. The van der Waals surface area contributed by atoms with Crippen molar-refractivity contribution in [2.75, 3.05) is 13.2 Å². The third-order valence-corrected chi connectivity index (χ3v) is 5.83. The van der Waals surface area contributed by atoms with E-state index in [0.717, 1.165) is 48.1 Å². The van der Waals surface area contributed by atoms with E-state index in [-0.39, 0.29) is 12.2 Å². The molecule has 3 aromatic rings. The van der Waals surface area contributed by atoms with Crippen molar-refractivity contribution in [1.29, 1.82) is 0 Å². The SMILES string of the molecule is O=C(O)COC[C@H]1CC[C@@H](Cn2nc(-c3ccccc3)c(-c3cn[nH]c3)cc2=O)CC1. The first kappa shape index (κ1) is 21.0. The number of hydrogen-bond acceptors (Lipinski definition) is 5. The Hall–Kier alpha value is -3.26. The van der Waals surface area contributed by atoms with Gasteiger partial charge in [-0.3, -0.25) is 9.89 Å². The molecule has 2 aromatic heterocycles. The second kappa shape index (κ2) is 9.70. The number of carboxylic acids is 1. The third-order valence-electron chi connectivity index (χ3n) is 5.83. The molecule has 8 nitrogen and oxygen atoms in total. The van der Waals surface area contributed by atoms with E-state index in [2.05, 4.69) is 10.2 Å². The van der Waals surface area contributed by atoms with Crippen molar-refractivity contribution in [3.63, 3.8) is 0 Å². The third kappa shape index (κ3) is 5.27. The molecule has 8 heteroatoms. The molecule has 0 amide bonds. The van der Waals surface area contributed by atoms with Crippen LogP contribution in [-0.4, -0.2) is 44.3 Å². The van der Waals surface area contributed by atoms with Gasteiger partial charge in [0.2, 0.25) is 0 Å². The molecule has 0 unspecified atom stereocenters. The van der Waals surface area contributed by atoms with Gasteiger partial charge < -0.3 is 9.84 Å². The zero-order valence-electron chi connectivity index (χ0n) is 17.2. The maximum absolute atomic E-state index is 12.9. The van der Waals surface area contributed by atoms with Crippen LogP contribution in [0, 0.1) is 11.8 Å². The zero-order valence-corrected chi connectivity index (χ0v) is 17.2. The predicted molar refractivity (Wildman–Crippen MR) is 115 cm³/mol. The van der Waals surface area contributed by atoms with E-state index < -0.39 is 5.97 Å². The maximum Gasteiger partial charge on any atom is 0.329 e. The van der Waals surface area contributed by atoms with Crippen LogP contribution < -0.4 is 5.56 Å². The van der Waals surface area contributed by atoms with Gasteiger partial charge in [-0.05, 0) is 37.5 Å². The highest BCUT2D eigenvalue weighted by Crippen LogP contribution is 2.31. The van der Waals surface area contributed by atoms with E-state index in [9.17, 15) is 9.59 Å². The van der Waals surface area contributed by atoms with Gasteiger partial charge in [0.15, 0.2) is 0 Å². The molecule has 162 valence electrons. The summed E-state index contributed by atoms with van der Waals surface area (Å²) in [6.07, 6.45) is 7.34. The monoisotopic (exact) mass is 422 g/mol. The number of nitrogens with zero attached hydrogens (tertiary/aromatic N) is 3. The van der Waals surface area contributed by atoms with E-state index in [1.807, 2.05) is 30.3 Å². The van der Waals surface area contributed by atoms with Gasteiger partial charge in [-0.2, -0.15) is 10.2 Å². The minimum absolute atomic E-state index is 0.122. The molecule has 1 aliphatic rings. The van der Waals surface area contributed by atoms with Crippen LogP contribution in [0.1, 0.15) is 25.7 Å². The van der Waals surface area contributed by atoms with Crippen molar-refractivity contribution in [2.24, 2.45) is 11.8 Å². The van der Waals surface area contributed by atoms with Crippen LogP contribution in [0.15, 0.2) is 53.6 Å². The molecule has 1 saturated carbocycles. The van der Waals surface area contributed by atoms with Crippen molar-refractivity contribution in [2.45, 2.75) is 32.2 Å². The van der Waals surface area contributed by atoms with Crippen molar-refractivity contribution in [3.8, 4) is 22.4 Å². The average molecular weight is 422 g/mol. The summed E-state index contributed by atoms with van der Waals surface area (Å²) >= 11 is 0. The van der Waals surface area contributed by atoms with Gasteiger partial charge >= 0.3 is 5.97 Å². The Labute approximate surface area is 179 Å². The van der Waals surface area contributed by atoms with Crippen LogP contribution in [0.2, 0.25) is 0 Å². The maximum atomic E-state index is 12.9. The number of H-pyrrole nitrogens is 1. The Morgan fingerprint density at radius 2 is 1.87 bits per heavy atom. The number of rotatable bonds is 8. The highest BCUT2D eigenvalue weighted by Gasteiger charge is 2.23. The number of aromatic nitrogens is 4. The highest BCUT2D eigenvalue weighted by atomic mass is 16.5. The summed E-state index contributed by atoms with van der Waals surface area (Å²) in [5.41, 5.74) is 3.19. The number of hydrogen-bond donors (Lipinski definition) is 2. The summed E-state index contributed by atoms with van der Waals surface area (Å²) in [6, 6.07) is 11.5. The highest BCUT2D eigenvalue weighted by molar-refractivity contribution is 5.79. The van der Waals surface area contributed by atoms with Gasteiger partial charge in [-0.25, -0.2) is 9.48 Å².